The minimum Gasteiger partial charge on any atom is -1.00 e. The molecule has 1 N–H and O–H groups in total. The second-order valence-corrected chi connectivity index (χ2v) is 8.13. The highest BCUT2D eigenvalue weighted by atomic mass is 127. The van der Waals surface area contributed by atoms with Crippen LogP contribution in [0, 0.1) is 10.1 Å². The van der Waals surface area contributed by atoms with Crippen LogP contribution in [-0.2, 0) is 19.1 Å². The number of hydrogen-bond acceptors (Lipinski definition) is 7. The molecular weight excluding hydrogens is 517 g/mol. The molecule has 1 aliphatic heterocycles. The third kappa shape index (κ3) is 6.50. The molecule has 1 aromatic rings. The number of carbonyl (C=O) groups is 2. The first-order chi connectivity index (χ1) is 14.0. The van der Waals surface area contributed by atoms with Gasteiger partial charge in [-0.25, -0.2) is 9.59 Å². The van der Waals surface area contributed by atoms with Crippen molar-refractivity contribution in [3.63, 3.8) is 0 Å². The number of nitrogens with zero attached hydrogens (tertiary/aromatic N) is 2. The van der Waals surface area contributed by atoms with Gasteiger partial charge in [0.1, 0.15) is 13.2 Å². The van der Waals surface area contributed by atoms with Gasteiger partial charge in [-0.05, 0) is 19.4 Å². The number of nitro groups is 1. The Morgan fingerprint density at radius 1 is 1.13 bits per heavy atom. The van der Waals surface area contributed by atoms with E-state index >= 15 is 0 Å². The van der Waals surface area contributed by atoms with Crippen molar-refractivity contribution in [2.75, 3.05) is 41.4 Å². The van der Waals surface area contributed by atoms with Gasteiger partial charge in [-0.1, -0.05) is 12.1 Å². The van der Waals surface area contributed by atoms with Crippen molar-refractivity contribution in [1.29, 1.82) is 0 Å². The molecule has 2 rings (SSSR count). The van der Waals surface area contributed by atoms with Gasteiger partial charge in [0, 0.05) is 23.5 Å². The number of allylic oxidation sites excluding steroid dienone is 2. The zero-order valence-corrected chi connectivity index (χ0v) is 20.7. The monoisotopic (exact) mass is 545 g/mol. The number of quaternary nitrogens is 1. The molecule has 1 heterocycles. The van der Waals surface area contributed by atoms with Crippen LogP contribution < -0.4 is 29.3 Å². The van der Waals surface area contributed by atoms with Crippen LogP contribution >= 0.6 is 0 Å². The second-order valence-electron chi connectivity index (χ2n) is 8.13. The van der Waals surface area contributed by atoms with E-state index in [2.05, 4.69) is 5.32 Å². The average molecular weight is 545 g/mol. The van der Waals surface area contributed by atoms with Crippen molar-refractivity contribution >= 4 is 17.6 Å². The van der Waals surface area contributed by atoms with Crippen LogP contribution in [0.5, 0.6) is 0 Å². The van der Waals surface area contributed by atoms with Gasteiger partial charge in [0.05, 0.1) is 50.2 Å². The first-order valence-electron chi connectivity index (χ1n) is 9.45. The number of methoxy groups -OCH3 is 1. The summed E-state index contributed by atoms with van der Waals surface area (Å²) in [4.78, 5) is 36.3. The number of nitro benzene ring substituents is 1. The van der Waals surface area contributed by atoms with Gasteiger partial charge in [0.2, 0.25) is 0 Å². The third-order valence-electron chi connectivity index (χ3n) is 4.80. The van der Waals surface area contributed by atoms with E-state index in [9.17, 15) is 19.7 Å². The van der Waals surface area contributed by atoms with Gasteiger partial charge in [-0.15, -0.1) is 0 Å². The normalized spacial score (nSPS) is 16.3. The molecule has 1 atom stereocenters. The predicted octanol–water partition coefficient (Wildman–Crippen LogP) is -0.744. The largest absolute Gasteiger partial charge is 1.00 e. The van der Waals surface area contributed by atoms with Gasteiger partial charge in [0.15, 0.2) is 0 Å². The maximum atomic E-state index is 13.0. The van der Waals surface area contributed by atoms with E-state index in [4.69, 9.17) is 9.47 Å². The molecule has 0 saturated carbocycles. The standard InChI is InChI=1S/C21H27N3O6.HI/c1-13-17(20(25)29-6)19(15-8-7-9-16(12-15)23(27)28)18(14(2)22-13)21(26)30-11-10-24(3,4)5;/h7-9,12,19H,10-11H2,1-6H3;1H/t19-;/m1./s1. The van der Waals surface area contributed by atoms with Crippen LogP contribution in [-0.4, -0.2) is 62.7 Å². The molecule has 0 unspecified atom stereocenters. The van der Waals surface area contributed by atoms with Crippen molar-refractivity contribution in [1.82, 2.24) is 5.32 Å². The number of esters is 2. The number of benzene rings is 1. The Hall–Kier alpha value is -2.47. The molecule has 170 valence electrons. The Morgan fingerprint density at radius 2 is 1.71 bits per heavy atom. The number of rotatable bonds is 7. The number of nitrogens with one attached hydrogen (secondary N) is 1. The highest BCUT2D eigenvalue weighted by Crippen LogP contribution is 2.40. The SMILES string of the molecule is COC(=O)C1=C(C)NC(C)=C(C(=O)OCC[N+](C)(C)C)[C@@H]1c1cccc([N+](=O)[O-])c1.[I-]. The zero-order valence-electron chi connectivity index (χ0n) is 18.5. The van der Waals surface area contributed by atoms with Crippen LogP contribution in [0.3, 0.4) is 0 Å². The van der Waals surface area contributed by atoms with Crippen LogP contribution in [0.4, 0.5) is 5.69 Å². The van der Waals surface area contributed by atoms with E-state index in [1.807, 2.05) is 21.1 Å². The molecule has 0 fully saturated rings. The Labute approximate surface area is 198 Å². The smallest absolute Gasteiger partial charge is 0.336 e. The number of likely N-dealkylation sites (N-methyl/N-ethyl adjacent to an activating group) is 1. The minimum atomic E-state index is -0.852. The van der Waals surface area contributed by atoms with E-state index in [-0.39, 0.29) is 47.4 Å². The summed E-state index contributed by atoms with van der Waals surface area (Å²) in [5.41, 5.74) is 1.77. The lowest BCUT2D eigenvalue weighted by molar-refractivity contribution is -0.870. The Bertz CT molecular complexity index is 933. The van der Waals surface area contributed by atoms with Crippen molar-refractivity contribution in [2.24, 2.45) is 0 Å². The van der Waals surface area contributed by atoms with Gasteiger partial charge in [0.25, 0.3) is 5.69 Å². The van der Waals surface area contributed by atoms with Crippen LogP contribution in [0.15, 0.2) is 46.8 Å². The molecule has 0 aliphatic carbocycles. The van der Waals surface area contributed by atoms with E-state index in [1.54, 1.807) is 19.9 Å². The lowest BCUT2D eigenvalue weighted by atomic mass is 9.80. The maximum Gasteiger partial charge on any atom is 0.336 e. The molecule has 0 bridgehead atoms. The number of ether oxygens (including phenoxy) is 2. The van der Waals surface area contributed by atoms with Gasteiger partial charge < -0.3 is 43.3 Å². The molecule has 9 nitrogen and oxygen atoms in total. The summed E-state index contributed by atoms with van der Waals surface area (Å²) in [5, 5.41) is 14.3. The number of non-ortho nitro benzene ring substituents is 1. The molecule has 0 aromatic heterocycles. The highest BCUT2D eigenvalue weighted by molar-refractivity contribution is 5.99. The van der Waals surface area contributed by atoms with Gasteiger partial charge in [-0.3, -0.25) is 10.1 Å². The third-order valence-corrected chi connectivity index (χ3v) is 4.80. The molecule has 1 aromatic carbocycles. The first-order valence-corrected chi connectivity index (χ1v) is 9.45. The minimum absolute atomic E-state index is 0. The highest BCUT2D eigenvalue weighted by Gasteiger charge is 2.38. The fraction of sp³-hybridized carbons (Fsp3) is 0.429. The second kappa shape index (κ2) is 10.7. The molecule has 31 heavy (non-hydrogen) atoms. The Kier molecular flexibility index (Phi) is 9.18. The lowest BCUT2D eigenvalue weighted by Gasteiger charge is -2.30. The zero-order chi connectivity index (χ0) is 22.6. The summed E-state index contributed by atoms with van der Waals surface area (Å²) in [6.45, 7) is 4.19. The van der Waals surface area contributed by atoms with Gasteiger partial charge >= 0.3 is 11.9 Å². The molecule has 0 amide bonds. The topological polar surface area (TPSA) is 108 Å². The van der Waals surface area contributed by atoms with E-state index in [0.717, 1.165) is 0 Å². The quantitative estimate of drug-likeness (QED) is 0.158. The lowest BCUT2D eigenvalue weighted by Crippen LogP contribution is -3.00. The molecule has 0 saturated heterocycles. The van der Waals surface area contributed by atoms with Gasteiger partial charge in [-0.2, -0.15) is 0 Å². The number of dihydropyridines is 1. The van der Waals surface area contributed by atoms with Crippen molar-refractivity contribution < 1.29 is 52.4 Å². The van der Waals surface area contributed by atoms with Crippen LogP contribution in [0.2, 0.25) is 0 Å². The molecule has 0 spiro atoms. The molecule has 0 radical (unpaired) electrons. The Balaban J connectivity index is 0.00000480. The van der Waals surface area contributed by atoms with E-state index in [1.165, 1.54) is 25.3 Å². The molecular formula is C21H28IN3O6. The van der Waals surface area contributed by atoms with Crippen LogP contribution in [0.1, 0.15) is 25.3 Å². The molecule has 1 aliphatic rings. The summed E-state index contributed by atoms with van der Waals surface area (Å²) in [6, 6.07) is 5.88. The summed E-state index contributed by atoms with van der Waals surface area (Å²) < 4.78 is 11.0. The summed E-state index contributed by atoms with van der Waals surface area (Å²) in [7, 11) is 7.19. The fourth-order valence-corrected chi connectivity index (χ4v) is 3.29. The summed E-state index contributed by atoms with van der Waals surface area (Å²) in [5.74, 6) is -2.06. The summed E-state index contributed by atoms with van der Waals surface area (Å²) in [6.07, 6.45) is 0. The number of carbonyl (C=O) groups excluding carboxylic acids is 2. The average Bonchev–Trinajstić information content (AvgIpc) is 2.65. The van der Waals surface area contributed by atoms with Crippen LogP contribution in [0.25, 0.3) is 0 Å². The van der Waals surface area contributed by atoms with E-state index < -0.39 is 22.8 Å². The van der Waals surface area contributed by atoms with Crippen molar-refractivity contribution in [2.45, 2.75) is 19.8 Å². The van der Waals surface area contributed by atoms with E-state index in [0.29, 0.717) is 28.0 Å². The Morgan fingerprint density at radius 3 is 2.23 bits per heavy atom. The van der Waals surface area contributed by atoms with Crippen molar-refractivity contribution in [3.05, 3.63) is 62.5 Å². The maximum absolute atomic E-state index is 13.0. The number of halogens is 1. The summed E-state index contributed by atoms with van der Waals surface area (Å²) >= 11 is 0. The fourth-order valence-electron chi connectivity index (χ4n) is 3.29. The number of hydrogen-bond donors (Lipinski definition) is 1. The predicted molar refractivity (Wildman–Crippen MR) is 110 cm³/mol. The molecule has 10 heteroatoms. The first kappa shape index (κ1) is 26.6. The van der Waals surface area contributed by atoms with Crippen molar-refractivity contribution in [3.8, 4) is 0 Å².